The van der Waals surface area contributed by atoms with Gasteiger partial charge in [-0.3, -0.25) is 4.99 Å². The zero-order valence-electron chi connectivity index (χ0n) is 16.6. The molecule has 0 saturated heterocycles. The van der Waals surface area contributed by atoms with Gasteiger partial charge in [-0.05, 0) is 37.0 Å². The largest absolute Gasteiger partial charge is 0.492 e. The summed E-state index contributed by atoms with van der Waals surface area (Å²) >= 11 is 0. The van der Waals surface area contributed by atoms with Crippen LogP contribution in [0.4, 0.5) is 0 Å². The second-order valence-corrected chi connectivity index (χ2v) is 7.23. The maximum absolute atomic E-state index is 5.84. The molecule has 2 N–H and O–H groups in total. The average Bonchev–Trinajstić information content (AvgIpc) is 2.92. The number of benzene rings is 1. The molecular formula is C20H30N4O2. The summed E-state index contributed by atoms with van der Waals surface area (Å²) in [7, 11) is 1.73. The van der Waals surface area contributed by atoms with Crippen molar-refractivity contribution >= 4 is 5.96 Å². The number of guanidine groups is 1. The summed E-state index contributed by atoms with van der Waals surface area (Å²) in [5.41, 5.74) is 2.28. The van der Waals surface area contributed by atoms with E-state index in [0.717, 1.165) is 17.2 Å². The summed E-state index contributed by atoms with van der Waals surface area (Å²) in [6.45, 7) is 12.1. The van der Waals surface area contributed by atoms with E-state index in [0.29, 0.717) is 31.5 Å². The average molecular weight is 358 g/mol. The van der Waals surface area contributed by atoms with Gasteiger partial charge in [0.15, 0.2) is 5.96 Å². The standard InChI is InChI=1S/C20H30N4O2/c1-14-15(2)26-18(24-14)13-23-19(21-6)22-10-11-25-17-9-7-8-16(12-17)20(3,4)5/h7-9,12H,10-11,13H2,1-6H3,(H2,21,22,23). The van der Waals surface area contributed by atoms with Crippen LogP contribution in [0.15, 0.2) is 33.7 Å². The van der Waals surface area contributed by atoms with Crippen molar-refractivity contribution in [1.29, 1.82) is 0 Å². The first kappa shape index (κ1) is 19.8. The molecule has 2 aromatic rings. The number of nitrogens with one attached hydrogen (secondary N) is 2. The highest BCUT2D eigenvalue weighted by atomic mass is 16.5. The van der Waals surface area contributed by atoms with E-state index in [1.54, 1.807) is 7.05 Å². The fourth-order valence-corrected chi connectivity index (χ4v) is 2.39. The summed E-state index contributed by atoms with van der Waals surface area (Å²) in [6.07, 6.45) is 0. The third-order valence-corrected chi connectivity index (χ3v) is 4.07. The Balaban J connectivity index is 1.75. The van der Waals surface area contributed by atoms with Crippen molar-refractivity contribution in [2.45, 2.75) is 46.6 Å². The molecule has 6 nitrogen and oxygen atoms in total. The predicted molar refractivity (Wildman–Crippen MR) is 105 cm³/mol. The first-order valence-corrected chi connectivity index (χ1v) is 8.90. The molecule has 6 heteroatoms. The monoisotopic (exact) mass is 358 g/mol. The van der Waals surface area contributed by atoms with E-state index in [1.165, 1.54) is 5.56 Å². The first-order valence-electron chi connectivity index (χ1n) is 8.90. The quantitative estimate of drug-likeness (QED) is 0.471. The molecule has 0 aliphatic rings. The lowest BCUT2D eigenvalue weighted by Crippen LogP contribution is -2.38. The Morgan fingerprint density at radius 2 is 2.00 bits per heavy atom. The van der Waals surface area contributed by atoms with Crippen molar-refractivity contribution in [1.82, 2.24) is 15.6 Å². The highest BCUT2D eigenvalue weighted by Crippen LogP contribution is 2.25. The molecule has 0 radical (unpaired) electrons. The van der Waals surface area contributed by atoms with Crippen LogP contribution in [-0.4, -0.2) is 31.1 Å². The number of oxazole rings is 1. The van der Waals surface area contributed by atoms with Gasteiger partial charge in [0.2, 0.25) is 5.89 Å². The predicted octanol–water partition coefficient (Wildman–Crippen LogP) is 3.33. The second kappa shape index (κ2) is 8.74. The van der Waals surface area contributed by atoms with E-state index in [1.807, 2.05) is 26.0 Å². The van der Waals surface area contributed by atoms with Crippen LogP contribution in [0.3, 0.4) is 0 Å². The van der Waals surface area contributed by atoms with Crippen molar-refractivity contribution < 1.29 is 9.15 Å². The lowest BCUT2D eigenvalue weighted by molar-refractivity contribution is 0.321. The van der Waals surface area contributed by atoms with Crippen molar-refractivity contribution in [2.24, 2.45) is 4.99 Å². The topological polar surface area (TPSA) is 71.7 Å². The van der Waals surface area contributed by atoms with Crippen molar-refractivity contribution in [3.63, 3.8) is 0 Å². The van der Waals surface area contributed by atoms with Crippen LogP contribution in [0.2, 0.25) is 0 Å². The Labute approximate surface area is 156 Å². The van der Waals surface area contributed by atoms with Gasteiger partial charge in [0.25, 0.3) is 0 Å². The molecule has 1 aromatic heterocycles. The molecule has 0 unspecified atom stereocenters. The Hall–Kier alpha value is -2.50. The minimum atomic E-state index is 0.111. The maximum atomic E-state index is 5.84. The molecule has 1 heterocycles. The van der Waals surface area contributed by atoms with Gasteiger partial charge in [-0.25, -0.2) is 4.98 Å². The third-order valence-electron chi connectivity index (χ3n) is 4.07. The van der Waals surface area contributed by atoms with Gasteiger partial charge in [-0.15, -0.1) is 0 Å². The highest BCUT2D eigenvalue weighted by Gasteiger charge is 2.13. The van der Waals surface area contributed by atoms with E-state index in [4.69, 9.17) is 9.15 Å². The lowest BCUT2D eigenvalue weighted by Gasteiger charge is -2.20. The number of aryl methyl sites for hydroxylation is 2. The van der Waals surface area contributed by atoms with Gasteiger partial charge >= 0.3 is 0 Å². The van der Waals surface area contributed by atoms with Crippen LogP contribution in [0.25, 0.3) is 0 Å². The fraction of sp³-hybridized carbons (Fsp3) is 0.500. The molecule has 0 aliphatic heterocycles. The Morgan fingerprint density at radius 1 is 1.23 bits per heavy atom. The second-order valence-electron chi connectivity index (χ2n) is 7.23. The zero-order valence-corrected chi connectivity index (χ0v) is 16.6. The molecule has 0 bridgehead atoms. The van der Waals surface area contributed by atoms with Crippen molar-refractivity contribution in [3.05, 3.63) is 47.2 Å². The Morgan fingerprint density at radius 3 is 2.62 bits per heavy atom. The summed E-state index contributed by atoms with van der Waals surface area (Å²) in [6, 6.07) is 8.24. The summed E-state index contributed by atoms with van der Waals surface area (Å²) in [4.78, 5) is 8.54. The molecule has 0 spiro atoms. The van der Waals surface area contributed by atoms with Crippen LogP contribution >= 0.6 is 0 Å². The smallest absolute Gasteiger partial charge is 0.214 e. The van der Waals surface area contributed by atoms with Crippen LogP contribution in [0, 0.1) is 13.8 Å². The molecule has 0 amide bonds. The summed E-state index contributed by atoms with van der Waals surface area (Å²) in [5.74, 6) is 3.06. The van der Waals surface area contributed by atoms with Crippen LogP contribution < -0.4 is 15.4 Å². The molecule has 26 heavy (non-hydrogen) atoms. The van der Waals surface area contributed by atoms with E-state index < -0.39 is 0 Å². The van der Waals surface area contributed by atoms with Gasteiger partial charge in [0.1, 0.15) is 18.1 Å². The van der Waals surface area contributed by atoms with Gasteiger partial charge < -0.3 is 19.8 Å². The molecular weight excluding hydrogens is 328 g/mol. The molecule has 0 saturated carbocycles. The highest BCUT2D eigenvalue weighted by molar-refractivity contribution is 5.79. The summed E-state index contributed by atoms with van der Waals surface area (Å²) < 4.78 is 11.4. The van der Waals surface area contributed by atoms with Gasteiger partial charge in [-0.1, -0.05) is 32.9 Å². The number of aromatic nitrogens is 1. The van der Waals surface area contributed by atoms with E-state index in [-0.39, 0.29) is 5.41 Å². The number of hydrogen-bond donors (Lipinski definition) is 2. The van der Waals surface area contributed by atoms with E-state index in [9.17, 15) is 0 Å². The number of hydrogen-bond acceptors (Lipinski definition) is 4. The minimum Gasteiger partial charge on any atom is -0.492 e. The van der Waals surface area contributed by atoms with Gasteiger partial charge in [-0.2, -0.15) is 0 Å². The number of rotatable bonds is 6. The zero-order chi connectivity index (χ0) is 19.2. The molecule has 142 valence electrons. The third kappa shape index (κ3) is 5.79. The molecule has 2 rings (SSSR count). The number of aliphatic imine (C=N–C) groups is 1. The molecule has 1 aromatic carbocycles. The van der Waals surface area contributed by atoms with Gasteiger partial charge in [0.05, 0.1) is 18.8 Å². The first-order chi connectivity index (χ1) is 12.3. The minimum absolute atomic E-state index is 0.111. The van der Waals surface area contributed by atoms with Crippen LogP contribution in [-0.2, 0) is 12.0 Å². The normalized spacial score (nSPS) is 12.2. The van der Waals surface area contributed by atoms with Crippen LogP contribution in [0.1, 0.15) is 43.7 Å². The van der Waals surface area contributed by atoms with E-state index >= 15 is 0 Å². The maximum Gasteiger partial charge on any atom is 0.214 e. The summed E-state index contributed by atoms with van der Waals surface area (Å²) in [5, 5.41) is 6.40. The van der Waals surface area contributed by atoms with Crippen LogP contribution in [0.5, 0.6) is 5.75 Å². The van der Waals surface area contributed by atoms with Gasteiger partial charge in [0, 0.05) is 7.05 Å². The number of nitrogens with zero attached hydrogens (tertiary/aromatic N) is 2. The molecule has 0 atom stereocenters. The Bertz CT molecular complexity index is 725. The van der Waals surface area contributed by atoms with E-state index in [2.05, 4.69) is 53.5 Å². The van der Waals surface area contributed by atoms with Crippen molar-refractivity contribution in [2.75, 3.05) is 20.2 Å². The number of ether oxygens (including phenoxy) is 1. The fourth-order valence-electron chi connectivity index (χ4n) is 2.39. The van der Waals surface area contributed by atoms with Crippen molar-refractivity contribution in [3.8, 4) is 5.75 Å². The molecule has 0 aliphatic carbocycles. The SMILES string of the molecule is CN=C(NCCOc1cccc(C(C)(C)C)c1)NCc1nc(C)c(C)o1. The Kier molecular flexibility index (Phi) is 6.66. The molecule has 0 fully saturated rings. The lowest BCUT2D eigenvalue weighted by atomic mass is 9.87.